The lowest BCUT2D eigenvalue weighted by atomic mass is 10.0. The number of carbonyl (C=O) groups is 4. The van der Waals surface area contributed by atoms with Crippen LogP contribution in [0.5, 0.6) is 0 Å². The van der Waals surface area contributed by atoms with E-state index in [4.69, 9.17) is 11.5 Å². The van der Waals surface area contributed by atoms with Gasteiger partial charge in [-0.25, -0.2) is 9.78 Å². The fraction of sp³-hybridized carbons (Fsp3) is 0.696. The first kappa shape index (κ1) is 31.4. The zero-order valence-electron chi connectivity index (χ0n) is 21.3. The smallest absolute Gasteiger partial charge is 0.326 e. The van der Waals surface area contributed by atoms with Crippen LogP contribution in [0.15, 0.2) is 12.5 Å². The number of aromatic amines is 1. The number of aromatic nitrogens is 2. The summed E-state index contributed by atoms with van der Waals surface area (Å²) < 4.78 is 0. The van der Waals surface area contributed by atoms with Gasteiger partial charge >= 0.3 is 5.97 Å². The van der Waals surface area contributed by atoms with Gasteiger partial charge in [-0.3, -0.25) is 14.4 Å². The van der Waals surface area contributed by atoms with E-state index in [0.717, 1.165) is 0 Å². The van der Waals surface area contributed by atoms with Crippen LogP contribution < -0.4 is 27.4 Å². The first-order chi connectivity index (χ1) is 17.1. The molecule has 4 atom stereocenters. The quantitative estimate of drug-likeness (QED) is 0.125. The monoisotopic (exact) mass is 527 g/mol. The Bertz CT molecular complexity index is 822. The van der Waals surface area contributed by atoms with Crippen LogP contribution in [0.4, 0.5) is 0 Å². The number of nitrogens with two attached hydrogens (primary N) is 2. The molecule has 0 saturated heterocycles. The first-order valence-corrected chi connectivity index (χ1v) is 13.5. The standard InChI is InChI=1S/C23H41N7O5S/c1-14(2)10-18(21(32)28-17(23(34)35)6-4-5-8-24)30-22(33)19(11-15-12-26-13-27-15)29-20(31)16(25)7-9-36-3/h12-14,16-19H,4-11,24-25H2,1-3H3,(H,26,27)(H,28,32)(H,29,31)(H,30,33)(H,34,35). The SMILES string of the molecule is CSCCC(N)C(=O)NC(Cc1cnc[nH]1)C(=O)NC(CC(C)C)C(=O)NC(CCCCN)C(=O)O. The maximum Gasteiger partial charge on any atom is 0.326 e. The van der Waals surface area contributed by atoms with Gasteiger partial charge in [0.2, 0.25) is 17.7 Å². The number of aliphatic carboxylic acids is 1. The van der Waals surface area contributed by atoms with E-state index in [1.54, 1.807) is 11.8 Å². The third kappa shape index (κ3) is 11.9. The number of carbonyl (C=O) groups excluding carboxylic acids is 3. The van der Waals surface area contributed by atoms with Gasteiger partial charge in [-0.15, -0.1) is 0 Å². The average molecular weight is 528 g/mol. The predicted molar refractivity (Wildman–Crippen MR) is 139 cm³/mol. The summed E-state index contributed by atoms with van der Waals surface area (Å²) >= 11 is 1.56. The highest BCUT2D eigenvalue weighted by molar-refractivity contribution is 7.98. The van der Waals surface area contributed by atoms with Crippen LogP contribution >= 0.6 is 11.8 Å². The Morgan fingerprint density at radius 2 is 1.67 bits per heavy atom. The number of imidazole rings is 1. The van der Waals surface area contributed by atoms with E-state index < -0.39 is 47.9 Å². The second kappa shape index (κ2) is 16.9. The van der Waals surface area contributed by atoms with Crippen molar-refractivity contribution in [2.24, 2.45) is 17.4 Å². The number of carboxylic acid groups (broad SMARTS) is 1. The zero-order valence-corrected chi connectivity index (χ0v) is 22.1. The van der Waals surface area contributed by atoms with E-state index in [0.29, 0.717) is 37.3 Å². The number of nitrogens with one attached hydrogen (secondary N) is 4. The second-order valence-electron chi connectivity index (χ2n) is 9.10. The highest BCUT2D eigenvalue weighted by atomic mass is 32.2. The molecule has 204 valence electrons. The fourth-order valence-electron chi connectivity index (χ4n) is 3.48. The summed E-state index contributed by atoms with van der Waals surface area (Å²) in [5.74, 6) is -2.08. The molecule has 0 aliphatic heterocycles. The number of hydrogen-bond acceptors (Lipinski definition) is 8. The van der Waals surface area contributed by atoms with E-state index in [2.05, 4.69) is 25.9 Å². The summed E-state index contributed by atoms with van der Waals surface area (Å²) in [5.41, 5.74) is 12.1. The third-order valence-electron chi connectivity index (χ3n) is 5.48. The molecule has 1 aromatic heterocycles. The minimum atomic E-state index is -1.15. The molecule has 36 heavy (non-hydrogen) atoms. The van der Waals surface area contributed by atoms with Crippen molar-refractivity contribution < 1.29 is 24.3 Å². The summed E-state index contributed by atoms with van der Waals surface area (Å²) in [6, 6.07) is -3.87. The molecule has 1 aromatic rings. The van der Waals surface area contributed by atoms with Gasteiger partial charge in [0.15, 0.2) is 0 Å². The maximum atomic E-state index is 13.3. The van der Waals surface area contributed by atoms with Crippen molar-refractivity contribution in [2.75, 3.05) is 18.6 Å². The average Bonchev–Trinajstić information content (AvgIpc) is 3.33. The van der Waals surface area contributed by atoms with Crippen LogP contribution in [-0.4, -0.2) is 81.5 Å². The van der Waals surface area contributed by atoms with Crippen molar-refractivity contribution in [1.82, 2.24) is 25.9 Å². The molecule has 0 aliphatic carbocycles. The van der Waals surface area contributed by atoms with Crippen molar-refractivity contribution in [3.63, 3.8) is 0 Å². The minimum absolute atomic E-state index is 0.0298. The van der Waals surface area contributed by atoms with E-state index in [1.165, 1.54) is 12.5 Å². The van der Waals surface area contributed by atoms with Crippen molar-refractivity contribution in [3.8, 4) is 0 Å². The number of thioether (sulfide) groups is 1. The first-order valence-electron chi connectivity index (χ1n) is 12.1. The Morgan fingerprint density at radius 3 is 2.22 bits per heavy atom. The third-order valence-corrected chi connectivity index (χ3v) is 6.13. The molecule has 9 N–H and O–H groups in total. The van der Waals surface area contributed by atoms with Gasteiger partial charge in [0, 0.05) is 18.3 Å². The molecule has 1 heterocycles. The number of rotatable bonds is 18. The number of unbranched alkanes of at least 4 members (excludes halogenated alkanes) is 1. The highest BCUT2D eigenvalue weighted by Gasteiger charge is 2.31. The summed E-state index contributed by atoms with van der Waals surface area (Å²) in [5, 5.41) is 17.4. The van der Waals surface area contributed by atoms with Gasteiger partial charge in [-0.05, 0) is 56.6 Å². The molecule has 0 saturated carbocycles. The summed E-state index contributed by atoms with van der Waals surface area (Å²) in [6.07, 6.45) is 7.16. The number of carboxylic acids is 1. The molecule has 0 bridgehead atoms. The minimum Gasteiger partial charge on any atom is -0.480 e. The van der Waals surface area contributed by atoms with E-state index in [-0.39, 0.29) is 25.2 Å². The van der Waals surface area contributed by atoms with Crippen LogP contribution in [0.1, 0.15) is 51.6 Å². The Balaban J connectivity index is 2.99. The largest absolute Gasteiger partial charge is 0.480 e. The van der Waals surface area contributed by atoms with Gasteiger partial charge in [0.25, 0.3) is 0 Å². The topological polar surface area (TPSA) is 205 Å². The highest BCUT2D eigenvalue weighted by Crippen LogP contribution is 2.09. The number of hydrogen-bond donors (Lipinski definition) is 7. The van der Waals surface area contributed by atoms with Crippen LogP contribution in [0.25, 0.3) is 0 Å². The molecular weight excluding hydrogens is 486 g/mol. The molecule has 13 heteroatoms. The van der Waals surface area contributed by atoms with Crippen LogP contribution in [0, 0.1) is 5.92 Å². The molecule has 4 unspecified atom stereocenters. The number of nitrogens with zero attached hydrogens (tertiary/aromatic N) is 1. The normalized spacial score (nSPS) is 14.5. The Kier molecular flexibility index (Phi) is 14.8. The van der Waals surface area contributed by atoms with Crippen molar-refractivity contribution in [2.45, 2.75) is 76.5 Å². The van der Waals surface area contributed by atoms with Gasteiger partial charge in [-0.2, -0.15) is 11.8 Å². The molecular formula is C23H41N7O5S. The molecule has 0 aliphatic rings. The van der Waals surface area contributed by atoms with E-state index in [9.17, 15) is 24.3 Å². The maximum absolute atomic E-state index is 13.3. The predicted octanol–water partition coefficient (Wildman–Crippen LogP) is -0.253. The van der Waals surface area contributed by atoms with Crippen molar-refractivity contribution in [1.29, 1.82) is 0 Å². The molecule has 0 aromatic carbocycles. The lowest BCUT2D eigenvalue weighted by Gasteiger charge is -2.26. The molecule has 0 fully saturated rings. The Hall–Kier alpha value is -2.64. The fourth-order valence-corrected chi connectivity index (χ4v) is 3.97. The Labute approximate surface area is 216 Å². The Morgan fingerprint density at radius 1 is 1.03 bits per heavy atom. The summed E-state index contributed by atoms with van der Waals surface area (Å²) in [7, 11) is 0. The molecule has 12 nitrogen and oxygen atoms in total. The van der Waals surface area contributed by atoms with Crippen LogP contribution in [-0.2, 0) is 25.6 Å². The molecule has 0 radical (unpaired) electrons. The lowest BCUT2D eigenvalue weighted by Crippen LogP contribution is -2.57. The van der Waals surface area contributed by atoms with Crippen LogP contribution in [0.3, 0.4) is 0 Å². The lowest BCUT2D eigenvalue weighted by molar-refractivity contribution is -0.142. The zero-order chi connectivity index (χ0) is 27.1. The van der Waals surface area contributed by atoms with Gasteiger partial charge in [-0.1, -0.05) is 13.8 Å². The number of H-pyrrole nitrogens is 1. The second-order valence-corrected chi connectivity index (χ2v) is 10.1. The van der Waals surface area contributed by atoms with Crippen LogP contribution in [0.2, 0.25) is 0 Å². The van der Waals surface area contributed by atoms with Gasteiger partial charge < -0.3 is 37.5 Å². The summed E-state index contributed by atoms with van der Waals surface area (Å²) in [4.78, 5) is 57.4. The number of amides is 3. The van der Waals surface area contributed by atoms with Crippen molar-refractivity contribution in [3.05, 3.63) is 18.2 Å². The van der Waals surface area contributed by atoms with E-state index >= 15 is 0 Å². The summed E-state index contributed by atoms with van der Waals surface area (Å²) in [6.45, 7) is 4.20. The van der Waals surface area contributed by atoms with Gasteiger partial charge in [0.1, 0.15) is 18.1 Å². The van der Waals surface area contributed by atoms with E-state index in [1.807, 2.05) is 20.1 Å². The van der Waals surface area contributed by atoms with Gasteiger partial charge in [0.05, 0.1) is 12.4 Å². The molecule has 1 rings (SSSR count). The molecule has 0 spiro atoms. The molecule has 3 amide bonds. The van der Waals surface area contributed by atoms with Crippen molar-refractivity contribution >= 4 is 35.5 Å².